The summed E-state index contributed by atoms with van der Waals surface area (Å²) in [5, 5.41) is 21.2. The predicted octanol–water partition coefficient (Wildman–Crippen LogP) is 5.51. The number of aliphatic hydroxyl groups is 1. The highest BCUT2D eigenvalue weighted by Crippen LogP contribution is 2.36. The Morgan fingerprint density at radius 2 is 1.76 bits per heavy atom. The van der Waals surface area contributed by atoms with Crippen LogP contribution in [0.15, 0.2) is 95.5 Å². The predicted molar refractivity (Wildman–Crippen MR) is 141 cm³/mol. The zero-order valence-electron chi connectivity index (χ0n) is 21.0. The van der Waals surface area contributed by atoms with Crippen LogP contribution in [0.25, 0.3) is 0 Å². The van der Waals surface area contributed by atoms with Crippen molar-refractivity contribution in [3.05, 3.63) is 119 Å². The molecule has 2 unspecified atom stereocenters. The lowest BCUT2D eigenvalue weighted by Gasteiger charge is -2.37. The topological polar surface area (TPSA) is 82.5 Å². The van der Waals surface area contributed by atoms with Crippen molar-refractivity contribution >= 4 is 0 Å². The number of nitriles is 1. The van der Waals surface area contributed by atoms with E-state index in [4.69, 9.17) is 9.15 Å². The van der Waals surface area contributed by atoms with Crippen molar-refractivity contribution in [3.8, 4) is 11.8 Å². The zero-order chi connectivity index (χ0) is 25.7. The molecule has 5 rings (SSSR count). The van der Waals surface area contributed by atoms with E-state index in [-0.39, 0.29) is 12.0 Å². The van der Waals surface area contributed by atoms with Gasteiger partial charge in [-0.15, -0.1) is 0 Å². The van der Waals surface area contributed by atoms with Crippen LogP contribution in [0.1, 0.15) is 48.1 Å². The van der Waals surface area contributed by atoms with Gasteiger partial charge in [0.25, 0.3) is 0 Å². The maximum atomic E-state index is 11.9. The molecular formula is C31H31N3O3. The fraction of sp³-hybridized carbons (Fsp3) is 0.290. The molecular weight excluding hydrogens is 462 g/mol. The average molecular weight is 494 g/mol. The summed E-state index contributed by atoms with van der Waals surface area (Å²) in [6.45, 7) is 4.43. The van der Waals surface area contributed by atoms with Crippen molar-refractivity contribution in [2.24, 2.45) is 5.92 Å². The van der Waals surface area contributed by atoms with Crippen LogP contribution in [0.2, 0.25) is 0 Å². The van der Waals surface area contributed by atoms with E-state index >= 15 is 0 Å². The Hall–Kier alpha value is -3.92. The first-order chi connectivity index (χ1) is 18.1. The van der Waals surface area contributed by atoms with Crippen LogP contribution in [0, 0.1) is 17.2 Å². The highest BCUT2D eigenvalue weighted by molar-refractivity contribution is 5.41. The van der Waals surface area contributed by atoms with Gasteiger partial charge < -0.3 is 14.3 Å². The van der Waals surface area contributed by atoms with E-state index in [1.807, 2.05) is 72.8 Å². The Kier molecular flexibility index (Phi) is 7.36. The number of piperidine rings is 1. The van der Waals surface area contributed by atoms with Crippen LogP contribution >= 0.6 is 0 Å². The molecule has 4 aromatic rings. The number of benzene rings is 3. The second-order valence-corrected chi connectivity index (χ2v) is 9.56. The Bertz CT molecular complexity index is 1310. The molecule has 0 amide bonds. The number of rotatable bonds is 8. The fourth-order valence-electron chi connectivity index (χ4n) is 5.13. The van der Waals surface area contributed by atoms with Gasteiger partial charge in [0, 0.05) is 6.54 Å². The normalized spacial score (nSPS) is 18.3. The van der Waals surface area contributed by atoms with Gasteiger partial charge in [-0.05, 0) is 54.6 Å². The third-order valence-corrected chi connectivity index (χ3v) is 7.18. The lowest BCUT2D eigenvalue weighted by molar-refractivity contribution is 0.0301. The molecule has 3 aromatic carbocycles. The zero-order valence-corrected chi connectivity index (χ0v) is 21.0. The molecule has 6 heteroatoms. The molecule has 0 radical (unpaired) electrons. The molecule has 1 aromatic heterocycles. The van der Waals surface area contributed by atoms with Crippen molar-refractivity contribution in [2.45, 2.75) is 38.0 Å². The molecule has 37 heavy (non-hydrogen) atoms. The van der Waals surface area contributed by atoms with Crippen molar-refractivity contribution in [2.75, 3.05) is 13.1 Å². The molecule has 1 N–H and O–H groups in total. The van der Waals surface area contributed by atoms with E-state index in [2.05, 4.69) is 22.9 Å². The second-order valence-electron chi connectivity index (χ2n) is 9.56. The second kappa shape index (κ2) is 11.0. The van der Waals surface area contributed by atoms with Gasteiger partial charge in [-0.3, -0.25) is 4.90 Å². The number of aromatic nitrogens is 1. The van der Waals surface area contributed by atoms with Crippen molar-refractivity contribution < 1.29 is 14.3 Å². The van der Waals surface area contributed by atoms with Crippen LogP contribution < -0.4 is 4.74 Å². The molecule has 0 aliphatic carbocycles. The summed E-state index contributed by atoms with van der Waals surface area (Å²) in [6, 6.07) is 28.5. The highest BCUT2D eigenvalue weighted by atomic mass is 16.5. The van der Waals surface area contributed by atoms with Gasteiger partial charge in [-0.25, -0.2) is 4.98 Å². The van der Waals surface area contributed by atoms with Crippen molar-refractivity contribution in [1.82, 2.24) is 9.88 Å². The minimum Gasteiger partial charge on any atom is -0.489 e. The van der Waals surface area contributed by atoms with Gasteiger partial charge in [-0.2, -0.15) is 5.26 Å². The van der Waals surface area contributed by atoms with E-state index in [0.717, 1.165) is 31.7 Å². The molecule has 0 spiro atoms. The summed E-state index contributed by atoms with van der Waals surface area (Å²) in [7, 11) is 0. The third kappa shape index (κ3) is 5.29. The quantitative estimate of drug-likeness (QED) is 0.349. The summed E-state index contributed by atoms with van der Waals surface area (Å²) < 4.78 is 12.6. The van der Waals surface area contributed by atoms with E-state index in [0.29, 0.717) is 34.9 Å². The summed E-state index contributed by atoms with van der Waals surface area (Å²) in [5.74, 6) is 2.11. The number of nitrogens with zero attached hydrogens (tertiary/aromatic N) is 3. The van der Waals surface area contributed by atoms with E-state index in [1.54, 1.807) is 18.3 Å². The number of hydrogen-bond donors (Lipinski definition) is 1. The maximum Gasteiger partial charge on any atom is 0.236 e. The number of oxazole rings is 1. The van der Waals surface area contributed by atoms with Gasteiger partial charge >= 0.3 is 0 Å². The number of hydrogen-bond acceptors (Lipinski definition) is 6. The Balaban J connectivity index is 1.35. The summed E-state index contributed by atoms with van der Waals surface area (Å²) >= 11 is 0. The van der Waals surface area contributed by atoms with Gasteiger partial charge in [0.2, 0.25) is 5.89 Å². The summed E-state index contributed by atoms with van der Waals surface area (Å²) in [6.07, 6.45) is 3.77. The number of ether oxygens (including phenoxy) is 1. The van der Waals surface area contributed by atoms with E-state index in [1.165, 1.54) is 0 Å². The van der Waals surface area contributed by atoms with E-state index < -0.39 is 5.60 Å². The number of likely N-dealkylation sites (tertiary alicyclic amines) is 1. The van der Waals surface area contributed by atoms with Crippen LogP contribution in [0.5, 0.6) is 5.75 Å². The minimum absolute atomic E-state index is 0.0145. The van der Waals surface area contributed by atoms with Gasteiger partial charge in [-0.1, -0.05) is 73.7 Å². The lowest BCUT2D eigenvalue weighted by Crippen LogP contribution is -2.46. The Morgan fingerprint density at radius 3 is 2.41 bits per heavy atom. The maximum absolute atomic E-state index is 11.9. The van der Waals surface area contributed by atoms with Crippen LogP contribution in [-0.2, 0) is 12.1 Å². The van der Waals surface area contributed by atoms with Crippen LogP contribution in [-0.4, -0.2) is 34.2 Å². The molecule has 1 saturated heterocycles. The first kappa shape index (κ1) is 24.8. The van der Waals surface area contributed by atoms with Crippen molar-refractivity contribution in [3.63, 3.8) is 0 Å². The highest BCUT2D eigenvalue weighted by Gasteiger charge is 2.39. The van der Waals surface area contributed by atoms with Crippen LogP contribution in [0.3, 0.4) is 0 Å². The molecule has 1 aliphatic rings. The largest absolute Gasteiger partial charge is 0.489 e. The van der Waals surface area contributed by atoms with Gasteiger partial charge in [0.05, 0.1) is 24.4 Å². The SMILES string of the molecule is CCC1CCN(Cc2cnc(C(O)(c3ccccc3)c3ccccc3)o2)CC1Oc1cccc(C#N)c1. The minimum atomic E-state index is -1.49. The summed E-state index contributed by atoms with van der Waals surface area (Å²) in [4.78, 5) is 6.84. The monoisotopic (exact) mass is 493 g/mol. The van der Waals surface area contributed by atoms with Crippen molar-refractivity contribution in [1.29, 1.82) is 5.26 Å². The standard InChI is InChI=1S/C31H31N3O3/c1-2-24-16-17-34(22-29(24)36-27-15-9-10-23(18-27)19-32)21-28-20-33-30(37-28)31(35,25-11-5-3-6-12-25)26-13-7-4-8-14-26/h3-15,18,20,24,29,35H,2,16-17,21-22H2,1H3. The first-order valence-electron chi connectivity index (χ1n) is 12.8. The molecule has 0 saturated carbocycles. The first-order valence-corrected chi connectivity index (χ1v) is 12.8. The fourth-order valence-corrected chi connectivity index (χ4v) is 5.13. The molecule has 6 nitrogen and oxygen atoms in total. The Morgan fingerprint density at radius 1 is 1.05 bits per heavy atom. The molecule has 1 aliphatic heterocycles. The van der Waals surface area contributed by atoms with Gasteiger partial charge in [0.15, 0.2) is 5.60 Å². The van der Waals surface area contributed by atoms with E-state index in [9.17, 15) is 10.4 Å². The molecule has 1 fully saturated rings. The van der Waals surface area contributed by atoms with Crippen LogP contribution in [0.4, 0.5) is 0 Å². The third-order valence-electron chi connectivity index (χ3n) is 7.18. The molecule has 2 heterocycles. The molecule has 2 atom stereocenters. The smallest absolute Gasteiger partial charge is 0.236 e. The summed E-state index contributed by atoms with van der Waals surface area (Å²) in [5.41, 5.74) is 0.502. The average Bonchev–Trinajstić information content (AvgIpc) is 3.43. The Labute approximate surface area is 217 Å². The molecule has 188 valence electrons. The molecule has 0 bridgehead atoms. The van der Waals surface area contributed by atoms with Gasteiger partial charge in [0.1, 0.15) is 17.6 Å². The lowest BCUT2D eigenvalue weighted by atomic mass is 9.86.